The number of pyridine rings is 1. The van der Waals surface area contributed by atoms with E-state index in [1.165, 1.54) is 7.11 Å². The molecule has 0 fully saturated rings. The van der Waals surface area contributed by atoms with Crippen molar-refractivity contribution in [2.45, 2.75) is 39.2 Å². The minimum Gasteiger partial charge on any atom is -0.467 e. The molecule has 2 N–H and O–H groups in total. The molecule has 0 bridgehead atoms. The van der Waals surface area contributed by atoms with Crippen molar-refractivity contribution in [1.29, 1.82) is 5.26 Å². The normalized spacial score (nSPS) is 11.2. The molecule has 2 rings (SSSR count). The second kappa shape index (κ2) is 11.5. The number of rotatable bonds is 9. The quantitative estimate of drug-likeness (QED) is 0.561. The second-order valence-electron chi connectivity index (χ2n) is 7.16. The van der Waals surface area contributed by atoms with E-state index in [4.69, 9.17) is 14.7 Å². The Morgan fingerprint density at radius 2 is 1.88 bits per heavy atom. The second-order valence-corrected chi connectivity index (χ2v) is 7.16. The molecule has 1 aromatic heterocycles. The molecule has 0 saturated heterocycles. The van der Waals surface area contributed by atoms with Crippen molar-refractivity contribution in [2.75, 3.05) is 13.7 Å². The van der Waals surface area contributed by atoms with Gasteiger partial charge in [-0.25, -0.2) is 4.79 Å². The van der Waals surface area contributed by atoms with Gasteiger partial charge in [0.15, 0.2) is 6.61 Å². The van der Waals surface area contributed by atoms with E-state index >= 15 is 0 Å². The van der Waals surface area contributed by atoms with Gasteiger partial charge in [0.2, 0.25) is 0 Å². The van der Waals surface area contributed by atoms with Crippen molar-refractivity contribution in [1.82, 2.24) is 10.3 Å². The Morgan fingerprint density at radius 3 is 2.50 bits per heavy atom. The number of nitrogens with zero attached hydrogens (tertiary/aromatic N) is 1. The standard InChI is InChI=1S/C23H25N3O6/c1-14-17(15(2)25-22(29)18(14)12-24)9-10-21(28)32-13-20(27)26-19(23(30)31-3)11-16-7-5-4-6-8-16/h4-8,19H,9-11,13H2,1-3H3,(H,25,29)(H,26,27). The van der Waals surface area contributed by atoms with Gasteiger partial charge in [0, 0.05) is 18.5 Å². The summed E-state index contributed by atoms with van der Waals surface area (Å²) in [5, 5.41) is 11.6. The van der Waals surface area contributed by atoms with Crippen LogP contribution in [0, 0.1) is 25.2 Å². The zero-order chi connectivity index (χ0) is 23.7. The molecule has 0 aliphatic rings. The summed E-state index contributed by atoms with van der Waals surface area (Å²) in [6.45, 7) is 2.78. The predicted octanol–water partition coefficient (Wildman–Crippen LogP) is 1.24. The third-order valence-electron chi connectivity index (χ3n) is 4.97. The van der Waals surface area contributed by atoms with Gasteiger partial charge >= 0.3 is 11.9 Å². The highest BCUT2D eigenvalue weighted by molar-refractivity contribution is 5.86. The van der Waals surface area contributed by atoms with Crippen LogP contribution in [0.2, 0.25) is 0 Å². The maximum Gasteiger partial charge on any atom is 0.328 e. The monoisotopic (exact) mass is 439 g/mol. The van der Waals surface area contributed by atoms with Crippen LogP contribution < -0.4 is 10.9 Å². The average molecular weight is 439 g/mol. The molecule has 1 unspecified atom stereocenters. The number of methoxy groups -OCH3 is 1. The summed E-state index contributed by atoms with van der Waals surface area (Å²) in [5.41, 5.74) is 2.13. The maximum atomic E-state index is 12.2. The van der Waals surface area contributed by atoms with Crippen molar-refractivity contribution in [3.63, 3.8) is 0 Å². The minimum atomic E-state index is -0.913. The summed E-state index contributed by atoms with van der Waals surface area (Å²) in [6, 6.07) is 10.1. The van der Waals surface area contributed by atoms with E-state index in [0.717, 1.165) is 5.56 Å². The first-order valence-corrected chi connectivity index (χ1v) is 9.96. The molecule has 32 heavy (non-hydrogen) atoms. The number of hydrogen-bond donors (Lipinski definition) is 2. The molecule has 168 valence electrons. The number of benzene rings is 1. The lowest BCUT2D eigenvalue weighted by molar-refractivity contribution is -0.150. The molecule has 2 aromatic rings. The van der Waals surface area contributed by atoms with E-state index in [1.807, 2.05) is 36.4 Å². The number of aromatic amines is 1. The van der Waals surface area contributed by atoms with Crippen molar-refractivity contribution >= 4 is 17.8 Å². The summed E-state index contributed by atoms with van der Waals surface area (Å²) in [7, 11) is 1.23. The fraction of sp³-hybridized carbons (Fsp3) is 0.348. The highest BCUT2D eigenvalue weighted by atomic mass is 16.5. The lowest BCUT2D eigenvalue weighted by atomic mass is 9.99. The number of amides is 1. The fourth-order valence-electron chi connectivity index (χ4n) is 3.29. The van der Waals surface area contributed by atoms with Gasteiger partial charge in [-0.2, -0.15) is 5.26 Å². The molecule has 1 amide bonds. The third kappa shape index (κ3) is 6.54. The number of H-pyrrole nitrogens is 1. The molecule has 0 saturated carbocycles. The number of nitriles is 1. The van der Waals surface area contributed by atoms with E-state index < -0.39 is 36.1 Å². The zero-order valence-corrected chi connectivity index (χ0v) is 18.2. The molecule has 0 aliphatic heterocycles. The van der Waals surface area contributed by atoms with Gasteiger partial charge in [-0.1, -0.05) is 30.3 Å². The predicted molar refractivity (Wildman–Crippen MR) is 115 cm³/mol. The highest BCUT2D eigenvalue weighted by Gasteiger charge is 2.22. The van der Waals surface area contributed by atoms with Crippen LogP contribution in [0.15, 0.2) is 35.1 Å². The Balaban J connectivity index is 1.91. The number of nitrogens with one attached hydrogen (secondary N) is 2. The largest absolute Gasteiger partial charge is 0.467 e. The Labute approximate surface area is 185 Å². The van der Waals surface area contributed by atoms with Crippen LogP contribution in [0.4, 0.5) is 0 Å². The molecule has 9 heteroatoms. The Kier molecular flexibility index (Phi) is 8.72. The van der Waals surface area contributed by atoms with Crippen molar-refractivity contribution < 1.29 is 23.9 Å². The van der Waals surface area contributed by atoms with Crippen LogP contribution >= 0.6 is 0 Å². The minimum absolute atomic E-state index is 0.00520. The van der Waals surface area contributed by atoms with E-state index in [1.54, 1.807) is 13.8 Å². The summed E-state index contributed by atoms with van der Waals surface area (Å²) in [6.07, 6.45) is 0.428. The molecule has 1 atom stereocenters. The average Bonchev–Trinajstić information content (AvgIpc) is 2.77. The molecule has 1 heterocycles. The van der Waals surface area contributed by atoms with Crippen molar-refractivity contribution in [3.8, 4) is 6.07 Å². The van der Waals surface area contributed by atoms with E-state index in [-0.39, 0.29) is 24.8 Å². The SMILES string of the molecule is COC(=O)C(Cc1ccccc1)NC(=O)COC(=O)CCc1c(C)[nH]c(=O)c(C#N)c1C. The Bertz CT molecular complexity index is 1090. The molecule has 0 radical (unpaired) electrons. The van der Waals surface area contributed by atoms with Gasteiger partial charge in [0.25, 0.3) is 11.5 Å². The van der Waals surface area contributed by atoms with Crippen LogP contribution in [0.5, 0.6) is 0 Å². The summed E-state index contributed by atoms with van der Waals surface area (Å²) in [4.78, 5) is 50.7. The Morgan fingerprint density at radius 1 is 1.19 bits per heavy atom. The number of aromatic nitrogens is 1. The van der Waals surface area contributed by atoms with Gasteiger partial charge in [-0.05, 0) is 37.0 Å². The lowest BCUT2D eigenvalue weighted by Crippen LogP contribution is -2.44. The summed E-state index contributed by atoms with van der Waals surface area (Å²) in [5.74, 6) is -1.86. The molecule has 9 nitrogen and oxygen atoms in total. The number of aryl methyl sites for hydroxylation is 1. The zero-order valence-electron chi connectivity index (χ0n) is 18.2. The first kappa shape index (κ1) is 24.3. The third-order valence-corrected chi connectivity index (χ3v) is 4.97. The topological polar surface area (TPSA) is 138 Å². The fourth-order valence-corrected chi connectivity index (χ4v) is 3.29. The van der Waals surface area contributed by atoms with Crippen LogP contribution in [0.1, 0.15) is 34.4 Å². The van der Waals surface area contributed by atoms with Gasteiger partial charge in [0.05, 0.1) is 7.11 Å². The molecule has 0 aliphatic carbocycles. The first-order chi connectivity index (χ1) is 15.3. The van der Waals surface area contributed by atoms with Gasteiger partial charge in [-0.15, -0.1) is 0 Å². The lowest BCUT2D eigenvalue weighted by Gasteiger charge is -2.16. The van der Waals surface area contributed by atoms with Crippen LogP contribution in [-0.4, -0.2) is 42.6 Å². The van der Waals surface area contributed by atoms with Crippen molar-refractivity contribution in [2.24, 2.45) is 0 Å². The summed E-state index contributed by atoms with van der Waals surface area (Å²) < 4.78 is 9.75. The van der Waals surface area contributed by atoms with Crippen LogP contribution in [0.25, 0.3) is 0 Å². The van der Waals surface area contributed by atoms with E-state index in [9.17, 15) is 19.2 Å². The van der Waals surface area contributed by atoms with Crippen molar-refractivity contribution in [3.05, 3.63) is 68.6 Å². The summed E-state index contributed by atoms with van der Waals surface area (Å²) >= 11 is 0. The van der Waals surface area contributed by atoms with E-state index in [2.05, 4.69) is 10.3 Å². The van der Waals surface area contributed by atoms with Gasteiger partial charge < -0.3 is 19.8 Å². The highest BCUT2D eigenvalue weighted by Crippen LogP contribution is 2.15. The number of hydrogen-bond acceptors (Lipinski definition) is 7. The number of carbonyl (C=O) groups excluding carboxylic acids is 3. The molecular weight excluding hydrogens is 414 g/mol. The molecule has 0 spiro atoms. The van der Waals surface area contributed by atoms with Crippen LogP contribution in [0.3, 0.4) is 0 Å². The maximum absolute atomic E-state index is 12.2. The number of esters is 2. The molecule has 1 aromatic carbocycles. The number of ether oxygens (including phenoxy) is 2. The first-order valence-electron chi connectivity index (χ1n) is 9.96. The molecular formula is C23H25N3O6. The Hall–Kier alpha value is -3.93. The van der Waals surface area contributed by atoms with Gasteiger partial charge in [0.1, 0.15) is 17.7 Å². The van der Waals surface area contributed by atoms with Crippen LogP contribution in [-0.2, 0) is 36.7 Å². The number of carbonyl (C=O) groups is 3. The van der Waals surface area contributed by atoms with E-state index in [0.29, 0.717) is 16.8 Å². The smallest absolute Gasteiger partial charge is 0.328 e. The van der Waals surface area contributed by atoms with Gasteiger partial charge in [-0.3, -0.25) is 14.4 Å².